The second-order valence-electron chi connectivity index (χ2n) is 5.65. The molecule has 0 atom stereocenters. The molecule has 0 radical (unpaired) electrons. The molecule has 3 rings (SSSR count). The van der Waals surface area contributed by atoms with Crippen molar-refractivity contribution in [2.24, 2.45) is 0 Å². The first-order valence-corrected chi connectivity index (χ1v) is 7.75. The van der Waals surface area contributed by atoms with Crippen molar-refractivity contribution in [3.63, 3.8) is 0 Å². The largest absolute Gasteiger partial charge is 0.338 e. The average Bonchev–Trinajstić information content (AvgIpc) is 2.60. The van der Waals surface area contributed by atoms with Crippen LogP contribution < -0.4 is 10.6 Å². The van der Waals surface area contributed by atoms with Crippen LogP contribution in [0.25, 0.3) is 0 Å². The Bertz CT molecular complexity index is 927. The topological polar surface area (TPSA) is 66.9 Å². The summed E-state index contributed by atoms with van der Waals surface area (Å²) < 4.78 is 13.7. The quantitative estimate of drug-likeness (QED) is 0.748. The van der Waals surface area contributed by atoms with Crippen molar-refractivity contribution in [3.8, 4) is 0 Å². The van der Waals surface area contributed by atoms with E-state index in [0.717, 1.165) is 11.1 Å². The van der Waals surface area contributed by atoms with Gasteiger partial charge in [0.25, 0.3) is 5.91 Å². The van der Waals surface area contributed by atoms with Crippen molar-refractivity contribution in [3.05, 3.63) is 77.5 Å². The van der Waals surface area contributed by atoms with E-state index in [1.807, 2.05) is 32.0 Å². The van der Waals surface area contributed by atoms with Crippen LogP contribution in [0.3, 0.4) is 0 Å². The lowest BCUT2D eigenvalue weighted by atomic mass is 10.1. The van der Waals surface area contributed by atoms with E-state index in [0.29, 0.717) is 11.5 Å². The van der Waals surface area contributed by atoms with Crippen LogP contribution in [0.2, 0.25) is 0 Å². The molecule has 1 heterocycles. The number of hydrogen-bond acceptors (Lipinski definition) is 4. The zero-order chi connectivity index (χ0) is 17.8. The number of amides is 1. The number of anilines is 3. The maximum Gasteiger partial charge on any atom is 0.274 e. The lowest BCUT2D eigenvalue weighted by Gasteiger charge is -2.09. The molecular formula is C19H17FN4O. The molecule has 0 aliphatic carbocycles. The first-order chi connectivity index (χ1) is 12.0. The van der Waals surface area contributed by atoms with Gasteiger partial charge in [-0.25, -0.2) is 14.4 Å². The van der Waals surface area contributed by atoms with Crippen LogP contribution in [-0.2, 0) is 0 Å². The fourth-order valence-electron chi connectivity index (χ4n) is 2.26. The highest BCUT2D eigenvalue weighted by Gasteiger charge is 2.10. The smallest absolute Gasteiger partial charge is 0.274 e. The highest BCUT2D eigenvalue weighted by atomic mass is 19.1. The number of aryl methyl sites for hydroxylation is 2. The van der Waals surface area contributed by atoms with Crippen molar-refractivity contribution in [1.29, 1.82) is 0 Å². The molecule has 2 N–H and O–H groups in total. The molecule has 0 saturated carbocycles. The number of rotatable bonds is 4. The number of nitrogens with one attached hydrogen (secondary N) is 2. The van der Waals surface area contributed by atoms with E-state index in [4.69, 9.17) is 0 Å². The Kier molecular flexibility index (Phi) is 4.70. The average molecular weight is 336 g/mol. The summed E-state index contributed by atoms with van der Waals surface area (Å²) in [6.07, 6.45) is 1.26. The summed E-state index contributed by atoms with van der Waals surface area (Å²) in [5, 5.41) is 5.64. The molecule has 0 aliphatic rings. The molecule has 3 aromatic rings. The zero-order valence-corrected chi connectivity index (χ0v) is 13.9. The molecule has 0 aliphatic heterocycles. The van der Waals surface area contributed by atoms with Gasteiger partial charge >= 0.3 is 0 Å². The number of carbonyl (C=O) groups is 1. The van der Waals surface area contributed by atoms with Crippen molar-refractivity contribution in [2.75, 3.05) is 10.6 Å². The van der Waals surface area contributed by atoms with Crippen LogP contribution in [-0.4, -0.2) is 15.9 Å². The second kappa shape index (κ2) is 7.09. The third-order valence-corrected chi connectivity index (χ3v) is 3.80. The summed E-state index contributed by atoms with van der Waals surface area (Å²) in [4.78, 5) is 20.4. The predicted molar refractivity (Wildman–Crippen MR) is 95.6 cm³/mol. The van der Waals surface area contributed by atoms with Crippen molar-refractivity contribution >= 4 is 23.1 Å². The summed E-state index contributed by atoms with van der Waals surface area (Å²) in [5.74, 6) is -0.421. The second-order valence-corrected chi connectivity index (χ2v) is 5.65. The van der Waals surface area contributed by atoms with E-state index in [2.05, 4.69) is 20.6 Å². The van der Waals surface area contributed by atoms with Gasteiger partial charge in [0.1, 0.15) is 23.7 Å². The van der Waals surface area contributed by atoms with Crippen LogP contribution in [0, 0.1) is 19.7 Å². The minimum atomic E-state index is -0.401. The summed E-state index contributed by atoms with van der Waals surface area (Å²) in [6, 6.07) is 13.4. The summed E-state index contributed by atoms with van der Waals surface area (Å²) in [7, 11) is 0. The molecule has 0 bridgehead atoms. The molecule has 126 valence electrons. The van der Waals surface area contributed by atoms with E-state index >= 15 is 0 Å². The van der Waals surface area contributed by atoms with Gasteiger partial charge in [0.15, 0.2) is 0 Å². The SMILES string of the molecule is Cc1ccc(NC(=O)c2cc(Nc3ccccc3F)ncn2)cc1C. The fraction of sp³-hybridized carbons (Fsp3) is 0.105. The molecule has 1 amide bonds. The number of benzene rings is 2. The van der Waals surface area contributed by atoms with E-state index < -0.39 is 5.82 Å². The molecule has 0 unspecified atom stereocenters. The van der Waals surface area contributed by atoms with Crippen molar-refractivity contribution < 1.29 is 9.18 Å². The number of halogens is 1. The Labute approximate surface area is 145 Å². The number of carbonyl (C=O) groups excluding carboxylic acids is 1. The number of para-hydroxylation sites is 1. The van der Waals surface area contributed by atoms with Crippen LogP contribution in [0.4, 0.5) is 21.6 Å². The van der Waals surface area contributed by atoms with Crippen molar-refractivity contribution in [1.82, 2.24) is 9.97 Å². The van der Waals surface area contributed by atoms with Gasteiger partial charge in [-0.2, -0.15) is 0 Å². The van der Waals surface area contributed by atoms with Crippen LogP contribution in [0.1, 0.15) is 21.6 Å². The molecular weight excluding hydrogens is 319 g/mol. The first-order valence-electron chi connectivity index (χ1n) is 7.75. The Morgan fingerprint density at radius 2 is 1.80 bits per heavy atom. The standard InChI is InChI=1S/C19H17FN4O/c1-12-7-8-14(9-13(12)2)23-19(25)17-10-18(22-11-21-17)24-16-6-4-3-5-15(16)20/h3-11H,1-2H3,(H,23,25)(H,21,22,24). The van der Waals surface area contributed by atoms with Gasteiger partial charge in [-0.15, -0.1) is 0 Å². The van der Waals surface area contributed by atoms with E-state index in [9.17, 15) is 9.18 Å². The monoisotopic (exact) mass is 336 g/mol. The van der Waals surface area contributed by atoms with Gasteiger partial charge in [0.05, 0.1) is 5.69 Å². The fourth-order valence-corrected chi connectivity index (χ4v) is 2.26. The lowest BCUT2D eigenvalue weighted by molar-refractivity contribution is 0.102. The van der Waals surface area contributed by atoms with E-state index in [1.54, 1.807) is 18.2 Å². The molecule has 5 nitrogen and oxygen atoms in total. The third-order valence-electron chi connectivity index (χ3n) is 3.80. The minimum Gasteiger partial charge on any atom is -0.338 e. The maximum atomic E-state index is 13.7. The predicted octanol–water partition coefficient (Wildman–Crippen LogP) is 4.23. The molecule has 0 spiro atoms. The Balaban J connectivity index is 1.77. The van der Waals surface area contributed by atoms with E-state index in [1.165, 1.54) is 18.5 Å². The van der Waals surface area contributed by atoms with Gasteiger partial charge < -0.3 is 10.6 Å². The normalized spacial score (nSPS) is 10.4. The van der Waals surface area contributed by atoms with E-state index in [-0.39, 0.29) is 17.3 Å². The summed E-state index contributed by atoms with van der Waals surface area (Å²) >= 11 is 0. The van der Waals surface area contributed by atoms with Gasteiger partial charge in [-0.1, -0.05) is 18.2 Å². The van der Waals surface area contributed by atoms with Gasteiger partial charge in [0.2, 0.25) is 0 Å². The van der Waals surface area contributed by atoms with Gasteiger partial charge in [-0.3, -0.25) is 4.79 Å². The summed E-state index contributed by atoms with van der Waals surface area (Å²) in [5.41, 5.74) is 3.39. The molecule has 25 heavy (non-hydrogen) atoms. The maximum absolute atomic E-state index is 13.7. The Morgan fingerprint density at radius 3 is 2.56 bits per heavy atom. The van der Waals surface area contributed by atoms with Gasteiger partial charge in [-0.05, 0) is 49.2 Å². The number of aromatic nitrogens is 2. The molecule has 0 fully saturated rings. The number of hydrogen-bond donors (Lipinski definition) is 2. The molecule has 1 aromatic heterocycles. The molecule has 2 aromatic carbocycles. The summed E-state index contributed by atoms with van der Waals surface area (Å²) in [6.45, 7) is 3.98. The van der Waals surface area contributed by atoms with Gasteiger partial charge in [0, 0.05) is 11.8 Å². The minimum absolute atomic E-state index is 0.187. The first kappa shape index (κ1) is 16.6. The van der Waals surface area contributed by atoms with Crippen LogP contribution in [0.15, 0.2) is 54.9 Å². The lowest BCUT2D eigenvalue weighted by Crippen LogP contribution is -2.14. The third kappa shape index (κ3) is 3.98. The van der Waals surface area contributed by atoms with Crippen molar-refractivity contribution in [2.45, 2.75) is 13.8 Å². The van der Waals surface area contributed by atoms with Crippen LogP contribution in [0.5, 0.6) is 0 Å². The Hall–Kier alpha value is -3.28. The highest BCUT2D eigenvalue weighted by Crippen LogP contribution is 2.19. The van der Waals surface area contributed by atoms with Crippen LogP contribution >= 0.6 is 0 Å². The molecule has 0 saturated heterocycles. The highest BCUT2D eigenvalue weighted by molar-refractivity contribution is 6.03. The Morgan fingerprint density at radius 1 is 1.00 bits per heavy atom. The zero-order valence-electron chi connectivity index (χ0n) is 13.9. The molecule has 6 heteroatoms. The number of nitrogens with zero attached hydrogens (tertiary/aromatic N) is 2.